The molecule has 0 unspecified atom stereocenters. The van der Waals surface area contributed by atoms with Crippen molar-refractivity contribution in [2.45, 2.75) is 33.6 Å². The molecule has 1 aromatic heterocycles. The maximum atomic E-state index is 11.5. The molecule has 2 heterocycles. The Kier molecular flexibility index (Phi) is 4.71. The third-order valence-corrected chi connectivity index (χ3v) is 4.30. The Morgan fingerprint density at radius 2 is 2.00 bits per heavy atom. The third-order valence-electron chi connectivity index (χ3n) is 4.30. The van der Waals surface area contributed by atoms with Crippen LogP contribution in [-0.4, -0.2) is 46.6 Å². The lowest BCUT2D eigenvalue weighted by Gasteiger charge is -2.30. The van der Waals surface area contributed by atoms with Crippen LogP contribution in [0.25, 0.3) is 0 Å². The Morgan fingerprint density at radius 1 is 1.25 bits per heavy atom. The maximum Gasteiger partial charge on any atom is 0.252 e. The van der Waals surface area contributed by atoms with Crippen LogP contribution >= 0.6 is 0 Å². The number of hydrogen-bond acceptors (Lipinski definition) is 5. The molecule has 0 atom stereocenters. The van der Waals surface area contributed by atoms with Crippen molar-refractivity contribution in [3.63, 3.8) is 0 Å². The minimum Gasteiger partial charge on any atom is -0.368 e. The molecule has 1 aromatic rings. The minimum atomic E-state index is -0.162. The highest BCUT2D eigenvalue weighted by molar-refractivity contribution is 5.92. The van der Waals surface area contributed by atoms with Crippen LogP contribution in [0, 0.1) is 12.3 Å². The zero-order valence-corrected chi connectivity index (χ0v) is 14.6. The highest BCUT2D eigenvalue weighted by atomic mass is 16.5. The number of anilines is 1. The van der Waals surface area contributed by atoms with E-state index in [1.54, 1.807) is 6.92 Å². The minimum absolute atomic E-state index is 0.162. The molecule has 130 valence electrons. The van der Waals surface area contributed by atoms with Gasteiger partial charge >= 0.3 is 0 Å². The van der Waals surface area contributed by atoms with Crippen molar-refractivity contribution in [2.75, 3.05) is 31.7 Å². The molecule has 1 fully saturated rings. The zero-order chi connectivity index (χ0) is 17.2. The average Bonchev–Trinajstić information content (AvgIpc) is 2.51. The van der Waals surface area contributed by atoms with Crippen molar-refractivity contribution in [1.82, 2.24) is 15.4 Å². The van der Waals surface area contributed by atoms with Gasteiger partial charge in [-0.25, -0.2) is 9.56 Å². The summed E-state index contributed by atoms with van der Waals surface area (Å²) in [4.78, 5) is 18.5. The van der Waals surface area contributed by atoms with E-state index in [2.05, 4.69) is 45.3 Å². The van der Waals surface area contributed by atoms with Crippen molar-refractivity contribution >= 4 is 11.7 Å². The SMILES string of the molecule is Cc1cc(=O)[nH]c(NNC2=CC(=[N+]3CCOCC3)CC(C)(C)C2)n1. The van der Waals surface area contributed by atoms with Gasteiger partial charge in [0.05, 0.1) is 0 Å². The number of aromatic nitrogens is 2. The number of ether oxygens (including phenoxy) is 1. The number of aromatic amines is 1. The first-order chi connectivity index (χ1) is 11.4. The largest absolute Gasteiger partial charge is 0.368 e. The number of nitrogens with one attached hydrogen (secondary N) is 3. The number of allylic oxidation sites excluding steroid dienone is 2. The van der Waals surface area contributed by atoms with E-state index >= 15 is 0 Å². The number of nitrogens with zero attached hydrogens (tertiary/aromatic N) is 2. The Balaban J connectivity index is 1.77. The van der Waals surface area contributed by atoms with Gasteiger partial charge in [0.1, 0.15) is 13.2 Å². The lowest BCUT2D eigenvalue weighted by atomic mass is 9.78. The Bertz CT molecular complexity index is 725. The fourth-order valence-corrected chi connectivity index (χ4v) is 3.28. The van der Waals surface area contributed by atoms with E-state index in [4.69, 9.17) is 4.74 Å². The van der Waals surface area contributed by atoms with E-state index in [-0.39, 0.29) is 11.0 Å². The van der Waals surface area contributed by atoms with E-state index < -0.39 is 0 Å². The van der Waals surface area contributed by atoms with E-state index in [1.807, 2.05) is 0 Å². The fraction of sp³-hybridized carbons (Fsp3) is 0.588. The summed E-state index contributed by atoms with van der Waals surface area (Å²) in [6.45, 7) is 9.79. The first-order valence-electron chi connectivity index (χ1n) is 8.40. The first kappa shape index (κ1) is 16.7. The summed E-state index contributed by atoms with van der Waals surface area (Å²) >= 11 is 0. The zero-order valence-electron chi connectivity index (χ0n) is 14.6. The molecule has 7 nitrogen and oxygen atoms in total. The molecule has 7 heteroatoms. The molecule has 1 aliphatic heterocycles. The van der Waals surface area contributed by atoms with Crippen LogP contribution in [0.3, 0.4) is 0 Å². The van der Waals surface area contributed by atoms with Crippen LogP contribution in [-0.2, 0) is 4.74 Å². The second-order valence-electron chi connectivity index (χ2n) is 7.26. The second-order valence-corrected chi connectivity index (χ2v) is 7.26. The number of morpholine rings is 1. The Labute approximate surface area is 141 Å². The van der Waals surface area contributed by atoms with Crippen molar-refractivity contribution in [3.8, 4) is 0 Å². The van der Waals surface area contributed by atoms with E-state index in [9.17, 15) is 4.79 Å². The molecule has 1 aliphatic carbocycles. The predicted octanol–water partition coefficient (Wildman–Crippen LogP) is 1.18. The molecule has 0 saturated carbocycles. The van der Waals surface area contributed by atoms with Gasteiger partial charge < -0.3 is 10.2 Å². The third kappa shape index (κ3) is 4.23. The van der Waals surface area contributed by atoms with Gasteiger partial charge in [0.2, 0.25) is 5.95 Å². The summed E-state index contributed by atoms with van der Waals surface area (Å²) in [6.07, 6.45) is 4.19. The average molecular weight is 332 g/mol. The van der Waals surface area contributed by atoms with Gasteiger partial charge in [-0.3, -0.25) is 15.2 Å². The molecule has 0 bridgehead atoms. The first-order valence-corrected chi connectivity index (χ1v) is 8.40. The number of rotatable bonds is 3. The van der Waals surface area contributed by atoms with Gasteiger partial charge in [-0.1, -0.05) is 13.8 Å². The van der Waals surface area contributed by atoms with Gasteiger partial charge in [0, 0.05) is 30.0 Å². The molecule has 24 heavy (non-hydrogen) atoms. The van der Waals surface area contributed by atoms with Crippen molar-refractivity contribution < 1.29 is 9.31 Å². The lowest BCUT2D eigenvalue weighted by Crippen LogP contribution is -2.38. The quantitative estimate of drug-likeness (QED) is 0.572. The smallest absolute Gasteiger partial charge is 0.252 e. The lowest BCUT2D eigenvalue weighted by molar-refractivity contribution is -0.550. The van der Waals surface area contributed by atoms with Crippen LogP contribution in [0.1, 0.15) is 32.4 Å². The van der Waals surface area contributed by atoms with Crippen LogP contribution in [0.5, 0.6) is 0 Å². The monoisotopic (exact) mass is 332 g/mol. The molecule has 0 spiro atoms. The van der Waals surface area contributed by atoms with Crippen LogP contribution in [0.4, 0.5) is 5.95 Å². The molecule has 1 saturated heterocycles. The van der Waals surface area contributed by atoms with Gasteiger partial charge in [0.25, 0.3) is 5.56 Å². The molecule has 2 aliphatic rings. The van der Waals surface area contributed by atoms with Crippen LogP contribution in [0.15, 0.2) is 22.6 Å². The highest BCUT2D eigenvalue weighted by Gasteiger charge is 2.31. The summed E-state index contributed by atoms with van der Waals surface area (Å²) in [5.74, 6) is 0.428. The summed E-state index contributed by atoms with van der Waals surface area (Å²) < 4.78 is 7.85. The predicted molar refractivity (Wildman–Crippen MR) is 93.3 cm³/mol. The molecule has 3 N–H and O–H groups in total. The number of aryl methyl sites for hydroxylation is 1. The topological polar surface area (TPSA) is 82.0 Å². The summed E-state index contributed by atoms with van der Waals surface area (Å²) in [5, 5.41) is 0. The van der Waals surface area contributed by atoms with Crippen LogP contribution in [0.2, 0.25) is 0 Å². The van der Waals surface area contributed by atoms with Crippen LogP contribution < -0.4 is 16.4 Å². The van der Waals surface area contributed by atoms with Crippen molar-refractivity contribution in [2.24, 2.45) is 5.41 Å². The van der Waals surface area contributed by atoms with Crippen molar-refractivity contribution in [3.05, 3.63) is 33.9 Å². The standard InChI is InChI=1S/C17H25N5O2/c1-12-8-15(23)19-16(18-12)21-20-13-9-14(11-17(2,3)10-13)22-4-6-24-7-5-22/h8-9H,4-7,10-11H2,1-3H3,(H2,18,19,21,23)/p+1. The highest BCUT2D eigenvalue weighted by Crippen LogP contribution is 2.33. The van der Waals surface area contributed by atoms with Crippen molar-refractivity contribution in [1.29, 1.82) is 0 Å². The van der Waals surface area contributed by atoms with Gasteiger partial charge in [-0.2, -0.15) is 0 Å². The van der Waals surface area contributed by atoms with E-state index in [0.29, 0.717) is 11.6 Å². The second kappa shape index (κ2) is 6.76. The normalized spacial score (nSPS) is 20.5. The van der Waals surface area contributed by atoms with Gasteiger partial charge in [0.15, 0.2) is 18.8 Å². The summed E-state index contributed by atoms with van der Waals surface area (Å²) in [6, 6.07) is 1.47. The van der Waals surface area contributed by atoms with Gasteiger partial charge in [-0.05, 0) is 18.8 Å². The maximum absolute atomic E-state index is 11.5. The summed E-state index contributed by atoms with van der Waals surface area (Å²) in [7, 11) is 0. The molecular weight excluding hydrogens is 306 g/mol. The number of hydrazine groups is 1. The molecule has 3 rings (SSSR count). The molecule has 0 aromatic carbocycles. The fourth-order valence-electron chi connectivity index (χ4n) is 3.28. The number of hydrogen-bond donors (Lipinski definition) is 3. The Morgan fingerprint density at radius 3 is 2.71 bits per heavy atom. The van der Waals surface area contributed by atoms with E-state index in [0.717, 1.165) is 44.8 Å². The summed E-state index contributed by atoms with van der Waals surface area (Å²) in [5.41, 5.74) is 9.37. The number of H-pyrrole nitrogens is 1. The van der Waals surface area contributed by atoms with E-state index in [1.165, 1.54) is 11.8 Å². The molecule has 0 amide bonds. The molecular formula is C17H26N5O2+. The Hall–Kier alpha value is -2.15. The molecule has 0 radical (unpaired) electrons. The van der Waals surface area contributed by atoms with Gasteiger partial charge in [-0.15, -0.1) is 0 Å².